The van der Waals surface area contributed by atoms with E-state index in [4.69, 9.17) is 23.8 Å². The Morgan fingerprint density at radius 2 is 1.69 bits per heavy atom. The summed E-state index contributed by atoms with van der Waals surface area (Å²) in [7, 11) is 4.08. The molecule has 0 radical (unpaired) electrons. The molecule has 5 rings (SSSR count). The van der Waals surface area contributed by atoms with E-state index in [0.29, 0.717) is 5.11 Å². The van der Waals surface area contributed by atoms with Gasteiger partial charge in [0.05, 0.1) is 28.5 Å². The van der Waals surface area contributed by atoms with Gasteiger partial charge in [-0.15, -0.1) is 0 Å². The molecule has 35 heavy (non-hydrogen) atoms. The van der Waals surface area contributed by atoms with Gasteiger partial charge in [0.1, 0.15) is 0 Å². The summed E-state index contributed by atoms with van der Waals surface area (Å²) in [5.74, 6) is 0. The number of rotatable bonds is 5. The highest BCUT2D eigenvalue weighted by atomic mass is 35.5. The van der Waals surface area contributed by atoms with E-state index in [1.54, 1.807) is 0 Å². The molecule has 0 spiro atoms. The highest BCUT2D eigenvalue weighted by Gasteiger charge is 2.42. The molecule has 4 aromatic rings. The molecule has 0 bridgehead atoms. The zero-order valence-electron chi connectivity index (χ0n) is 20.2. The number of para-hydroxylation sites is 1. The number of pyridine rings is 1. The minimum Gasteiger partial charge on any atom is -0.378 e. The van der Waals surface area contributed by atoms with Crippen molar-refractivity contribution >= 4 is 40.3 Å². The smallest absolute Gasteiger partial charge is 0.174 e. The molecule has 178 valence electrons. The predicted molar refractivity (Wildman–Crippen MR) is 149 cm³/mol. The molecule has 5 nitrogen and oxygen atoms in total. The second-order valence-electron chi connectivity index (χ2n) is 9.02. The van der Waals surface area contributed by atoms with Crippen LogP contribution in [-0.2, 0) is 0 Å². The van der Waals surface area contributed by atoms with Crippen LogP contribution in [0.2, 0.25) is 5.02 Å². The first-order chi connectivity index (χ1) is 16.9. The molecular formula is C28H28ClN5S. The zero-order chi connectivity index (χ0) is 24.7. The minimum absolute atomic E-state index is 0.0787. The van der Waals surface area contributed by atoms with Crippen molar-refractivity contribution in [1.29, 1.82) is 0 Å². The number of nitrogens with zero attached hydrogens (tertiary/aromatic N) is 4. The van der Waals surface area contributed by atoms with Crippen molar-refractivity contribution in [3.8, 4) is 5.69 Å². The molecule has 2 aromatic carbocycles. The Balaban J connectivity index is 1.67. The standard InChI is InChI=1S/C28H28ClN5S/c1-18-17-22(19(2)33(18)25-11-6-5-9-23(25)29)27-26(24-10-7-8-16-30-24)31-28(35)34(27)21-14-12-20(13-15-21)32(3)4/h5-17,26-27H,1-4H3,(H,31,35)/t26-,27-/m1/s1. The SMILES string of the molecule is Cc1cc([C@@H]2[C@@H](c3ccccn3)NC(=S)N2c2ccc(N(C)C)cc2)c(C)n1-c1ccccc1Cl. The van der Waals surface area contributed by atoms with Gasteiger partial charge in [0.15, 0.2) is 5.11 Å². The maximum absolute atomic E-state index is 6.61. The molecule has 0 saturated carbocycles. The lowest BCUT2D eigenvalue weighted by atomic mass is 9.96. The average Bonchev–Trinajstić information content (AvgIpc) is 3.35. The molecule has 2 aromatic heterocycles. The molecule has 0 aliphatic carbocycles. The van der Waals surface area contributed by atoms with Gasteiger partial charge in [0.2, 0.25) is 0 Å². The molecule has 1 saturated heterocycles. The molecule has 7 heteroatoms. The minimum atomic E-state index is -0.0996. The summed E-state index contributed by atoms with van der Waals surface area (Å²) in [6.07, 6.45) is 1.83. The molecule has 1 aliphatic rings. The van der Waals surface area contributed by atoms with E-state index >= 15 is 0 Å². The summed E-state index contributed by atoms with van der Waals surface area (Å²) in [4.78, 5) is 8.99. The second-order valence-corrected chi connectivity index (χ2v) is 9.81. The fourth-order valence-electron chi connectivity index (χ4n) is 4.95. The Bertz CT molecular complexity index is 1360. The van der Waals surface area contributed by atoms with Gasteiger partial charge in [-0.25, -0.2) is 0 Å². The quantitative estimate of drug-likeness (QED) is 0.321. The van der Waals surface area contributed by atoms with Gasteiger partial charge >= 0.3 is 0 Å². The van der Waals surface area contributed by atoms with Crippen molar-refractivity contribution in [1.82, 2.24) is 14.9 Å². The number of halogens is 1. The summed E-state index contributed by atoms with van der Waals surface area (Å²) in [6.45, 7) is 4.27. The molecular weight excluding hydrogens is 474 g/mol. The van der Waals surface area contributed by atoms with Crippen molar-refractivity contribution in [2.75, 3.05) is 23.9 Å². The summed E-state index contributed by atoms with van der Waals surface area (Å²) in [6, 6.07) is 24.5. The van der Waals surface area contributed by atoms with Crippen LogP contribution in [0, 0.1) is 13.8 Å². The lowest BCUT2D eigenvalue weighted by Gasteiger charge is -2.28. The summed E-state index contributed by atoms with van der Waals surface area (Å²) >= 11 is 12.5. The van der Waals surface area contributed by atoms with Gasteiger partial charge in [-0.3, -0.25) is 4.98 Å². The van der Waals surface area contributed by atoms with E-state index in [1.165, 1.54) is 5.56 Å². The van der Waals surface area contributed by atoms with E-state index in [0.717, 1.165) is 39.2 Å². The van der Waals surface area contributed by atoms with Gasteiger partial charge < -0.3 is 19.7 Å². The Hall–Kier alpha value is -3.35. The van der Waals surface area contributed by atoms with Crippen LogP contribution in [0.1, 0.15) is 34.7 Å². The number of benzene rings is 2. The van der Waals surface area contributed by atoms with Gasteiger partial charge in [0, 0.05) is 43.1 Å². The van der Waals surface area contributed by atoms with Crippen LogP contribution < -0.4 is 15.1 Å². The molecule has 1 fully saturated rings. The molecule has 0 unspecified atom stereocenters. The number of aryl methyl sites for hydroxylation is 1. The Morgan fingerprint density at radius 3 is 2.34 bits per heavy atom. The average molecular weight is 502 g/mol. The van der Waals surface area contributed by atoms with Crippen LogP contribution in [-0.4, -0.2) is 28.8 Å². The lowest BCUT2D eigenvalue weighted by Crippen LogP contribution is -2.29. The first-order valence-corrected chi connectivity index (χ1v) is 12.4. The van der Waals surface area contributed by atoms with Crippen molar-refractivity contribution in [2.45, 2.75) is 25.9 Å². The van der Waals surface area contributed by atoms with Gasteiger partial charge in [-0.05, 0) is 86.2 Å². The Labute approximate surface area is 217 Å². The van der Waals surface area contributed by atoms with Crippen LogP contribution in [0.5, 0.6) is 0 Å². The van der Waals surface area contributed by atoms with E-state index in [2.05, 4.69) is 81.0 Å². The maximum Gasteiger partial charge on any atom is 0.174 e. The van der Waals surface area contributed by atoms with Crippen molar-refractivity contribution in [3.05, 3.63) is 107 Å². The zero-order valence-corrected chi connectivity index (χ0v) is 21.8. The highest BCUT2D eigenvalue weighted by molar-refractivity contribution is 7.80. The molecule has 3 heterocycles. The number of nitrogens with one attached hydrogen (secondary N) is 1. The first-order valence-electron chi connectivity index (χ1n) is 11.6. The molecule has 1 N–H and O–H groups in total. The fourth-order valence-corrected chi connectivity index (χ4v) is 5.52. The largest absolute Gasteiger partial charge is 0.378 e. The third-order valence-corrected chi connectivity index (χ3v) is 7.26. The van der Waals surface area contributed by atoms with Crippen molar-refractivity contribution in [2.24, 2.45) is 0 Å². The van der Waals surface area contributed by atoms with Gasteiger partial charge in [-0.2, -0.15) is 0 Å². The number of anilines is 2. The van der Waals surface area contributed by atoms with Crippen LogP contribution in [0.25, 0.3) is 5.69 Å². The van der Waals surface area contributed by atoms with Crippen LogP contribution in [0.4, 0.5) is 11.4 Å². The van der Waals surface area contributed by atoms with E-state index in [9.17, 15) is 0 Å². The number of aromatic nitrogens is 2. The monoisotopic (exact) mass is 501 g/mol. The van der Waals surface area contributed by atoms with Crippen molar-refractivity contribution < 1.29 is 0 Å². The molecule has 2 atom stereocenters. The number of hydrogen-bond donors (Lipinski definition) is 1. The molecule has 1 aliphatic heterocycles. The van der Waals surface area contributed by atoms with Gasteiger partial charge in [-0.1, -0.05) is 29.8 Å². The molecule has 0 amide bonds. The van der Waals surface area contributed by atoms with Crippen LogP contribution in [0.15, 0.2) is 79.0 Å². The summed E-state index contributed by atoms with van der Waals surface area (Å²) < 4.78 is 2.22. The Kier molecular flexibility index (Phi) is 6.26. The number of thiocarbonyl (C=S) groups is 1. The maximum atomic E-state index is 6.61. The van der Waals surface area contributed by atoms with E-state index in [1.807, 2.05) is 50.6 Å². The topological polar surface area (TPSA) is 36.3 Å². The third kappa shape index (κ3) is 4.17. The van der Waals surface area contributed by atoms with Crippen LogP contribution >= 0.6 is 23.8 Å². The lowest BCUT2D eigenvalue weighted by molar-refractivity contribution is 0.565. The Morgan fingerprint density at radius 1 is 0.971 bits per heavy atom. The van der Waals surface area contributed by atoms with Crippen LogP contribution in [0.3, 0.4) is 0 Å². The summed E-state index contributed by atoms with van der Waals surface area (Å²) in [5, 5.41) is 4.97. The fraction of sp³-hybridized carbons (Fsp3) is 0.214. The second kappa shape index (κ2) is 9.36. The number of hydrogen-bond acceptors (Lipinski definition) is 3. The first kappa shape index (κ1) is 23.4. The normalized spacial score (nSPS) is 17.5. The van der Waals surface area contributed by atoms with E-state index in [-0.39, 0.29) is 12.1 Å². The highest BCUT2D eigenvalue weighted by Crippen LogP contribution is 2.44. The van der Waals surface area contributed by atoms with Crippen molar-refractivity contribution in [3.63, 3.8) is 0 Å². The van der Waals surface area contributed by atoms with Gasteiger partial charge in [0.25, 0.3) is 0 Å². The third-order valence-electron chi connectivity index (χ3n) is 6.62. The summed E-state index contributed by atoms with van der Waals surface area (Å²) in [5.41, 5.74) is 7.53. The van der Waals surface area contributed by atoms with E-state index < -0.39 is 0 Å². The predicted octanol–water partition coefficient (Wildman–Crippen LogP) is 6.39.